The highest BCUT2D eigenvalue weighted by atomic mass is 79.9. The molecule has 106 valence electrons. The van der Waals surface area contributed by atoms with E-state index in [1.54, 1.807) is 7.11 Å². The number of halogens is 1. The molecule has 0 amide bonds. The van der Waals surface area contributed by atoms with E-state index in [1.807, 2.05) is 43.4 Å². The monoisotopic (exact) mass is 335 g/mol. The van der Waals surface area contributed by atoms with Crippen molar-refractivity contribution in [3.8, 4) is 17.2 Å². The normalized spacial score (nSPS) is 12.0. The Hall–Kier alpha value is -1.52. The molecule has 0 aliphatic heterocycles. The molecule has 0 fully saturated rings. The molecule has 0 bridgehead atoms. The van der Waals surface area contributed by atoms with E-state index in [-0.39, 0.29) is 6.04 Å². The molecule has 2 aromatic rings. The number of methoxy groups -OCH3 is 1. The molecule has 0 heterocycles. The summed E-state index contributed by atoms with van der Waals surface area (Å²) in [4.78, 5) is 0. The average Bonchev–Trinajstić information content (AvgIpc) is 2.47. The summed E-state index contributed by atoms with van der Waals surface area (Å²) < 4.78 is 12.2. The van der Waals surface area contributed by atoms with Gasteiger partial charge in [0.15, 0.2) is 0 Å². The Bertz CT molecular complexity index is 586. The quantitative estimate of drug-likeness (QED) is 0.870. The summed E-state index contributed by atoms with van der Waals surface area (Å²) in [7, 11) is 3.58. The minimum atomic E-state index is 0.212. The van der Waals surface area contributed by atoms with Crippen LogP contribution in [0.1, 0.15) is 18.5 Å². The Morgan fingerprint density at radius 3 is 2.55 bits per heavy atom. The van der Waals surface area contributed by atoms with E-state index in [4.69, 9.17) is 9.47 Å². The minimum Gasteiger partial charge on any atom is -0.497 e. The van der Waals surface area contributed by atoms with Crippen molar-refractivity contribution in [2.24, 2.45) is 0 Å². The summed E-state index contributed by atoms with van der Waals surface area (Å²) in [5, 5.41) is 3.23. The second kappa shape index (κ2) is 6.77. The number of nitrogens with one attached hydrogen (secondary N) is 1. The predicted molar refractivity (Wildman–Crippen MR) is 84.7 cm³/mol. The van der Waals surface area contributed by atoms with Crippen LogP contribution < -0.4 is 14.8 Å². The third kappa shape index (κ3) is 3.52. The number of rotatable bonds is 5. The van der Waals surface area contributed by atoms with E-state index < -0.39 is 0 Å². The lowest BCUT2D eigenvalue weighted by Crippen LogP contribution is -2.13. The maximum Gasteiger partial charge on any atom is 0.133 e. The van der Waals surface area contributed by atoms with Crippen LogP contribution in [0.4, 0.5) is 0 Å². The summed E-state index contributed by atoms with van der Waals surface area (Å²) in [5.74, 6) is 2.36. The highest BCUT2D eigenvalue weighted by molar-refractivity contribution is 9.10. The summed E-state index contributed by atoms with van der Waals surface area (Å²) >= 11 is 3.48. The molecule has 2 rings (SSSR count). The maximum atomic E-state index is 6.01. The van der Waals surface area contributed by atoms with Gasteiger partial charge in [-0.15, -0.1) is 0 Å². The molecule has 20 heavy (non-hydrogen) atoms. The van der Waals surface area contributed by atoms with Crippen LogP contribution >= 0.6 is 15.9 Å². The molecule has 0 saturated carbocycles. The SMILES string of the molecule is CNC(C)c1ccc(Br)cc1Oc1cccc(OC)c1. The van der Waals surface area contributed by atoms with Crippen LogP contribution in [0.2, 0.25) is 0 Å². The minimum absolute atomic E-state index is 0.212. The van der Waals surface area contributed by atoms with Gasteiger partial charge in [0.25, 0.3) is 0 Å². The zero-order valence-corrected chi connectivity index (χ0v) is 13.4. The van der Waals surface area contributed by atoms with Gasteiger partial charge in [0.2, 0.25) is 0 Å². The largest absolute Gasteiger partial charge is 0.497 e. The second-order valence-corrected chi connectivity index (χ2v) is 5.39. The third-order valence-corrected chi connectivity index (χ3v) is 3.64. The number of hydrogen-bond donors (Lipinski definition) is 1. The van der Waals surface area contributed by atoms with E-state index in [2.05, 4.69) is 34.2 Å². The molecule has 0 aromatic heterocycles. The van der Waals surface area contributed by atoms with Gasteiger partial charge in [-0.25, -0.2) is 0 Å². The van der Waals surface area contributed by atoms with Gasteiger partial charge < -0.3 is 14.8 Å². The van der Waals surface area contributed by atoms with Gasteiger partial charge in [0.05, 0.1) is 7.11 Å². The molecule has 0 aliphatic carbocycles. The van der Waals surface area contributed by atoms with E-state index in [0.717, 1.165) is 27.3 Å². The average molecular weight is 336 g/mol. The Labute approximate surface area is 128 Å². The molecule has 1 N–H and O–H groups in total. The zero-order chi connectivity index (χ0) is 14.5. The smallest absolute Gasteiger partial charge is 0.133 e. The first-order chi connectivity index (χ1) is 9.63. The highest BCUT2D eigenvalue weighted by Gasteiger charge is 2.11. The van der Waals surface area contributed by atoms with Gasteiger partial charge in [-0.2, -0.15) is 0 Å². The van der Waals surface area contributed by atoms with Crippen LogP contribution in [0.25, 0.3) is 0 Å². The molecule has 0 radical (unpaired) electrons. The lowest BCUT2D eigenvalue weighted by atomic mass is 10.1. The summed E-state index contributed by atoms with van der Waals surface area (Å²) in [5.41, 5.74) is 1.11. The molecule has 0 spiro atoms. The van der Waals surface area contributed by atoms with Crippen molar-refractivity contribution in [2.45, 2.75) is 13.0 Å². The van der Waals surface area contributed by atoms with E-state index in [9.17, 15) is 0 Å². The molecule has 3 nitrogen and oxygen atoms in total. The molecule has 4 heteroatoms. The molecule has 2 aromatic carbocycles. The first-order valence-electron chi connectivity index (χ1n) is 6.42. The summed E-state index contributed by atoms with van der Waals surface area (Å²) in [6.45, 7) is 2.10. The lowest BCUT2D eigenvalue weighted by molar-refractivity contribution is 0.408. The predicted octanol–water partition coefficient (Wildman–Crippen LogP) is 4.53. The van der Waals surface area contributed by atoms with Gasteiger partial charge in [0, 0.05) is 22.1 Å². The standard InChI is InChI=1S/C16H18BrNO2/c1-11(18-2)15-8-7-12(17)9-16(15)20-14-6-4-5-13(10-14)19-3/h4-11,18H,1-3H3. The molecular formula is C16H18BrNO2. The van der Waals surface area contributed by atoms with Gasteiger partial charge in [-0.3, -0.25) is 0 Å². The maximum absolute atomic E-state index is 6.01. The summed E-state index contributed by atoms with van der Waals surface area (Å²) in [6.07, 6.45) is 0. The van der Waals surface area contributed by atoms with Crippen molar-refractivity contribution < 1.29 is 9.47 Å². The molecule has 0 aliphatic rings. The first-order valence-corrected chi connectivity index (χ1v) is 7.22. The molecule has 1 atom stereocenters. The fourth-order valence-electron chi connectivity index (χ4n) is 1.90. The van der Waals surface area contributed by atoms with E-state index in [1.165, 1.54) is 0 Å². The van der Waals surface area contributed by atoms with Crippen molar-refractivity contribution in [1.29, 1.82) is 0 Å². The number of benzene rings is 2. The Morgan fingerprint density at radius 1 is 1.10 bits per heavy atom. The van der Waals surface area contributed by atoms with Gasteiger partial charge >= 0.3 is 0 Å². The van der Waals surface area contributed by atoms with Crippen LogP contribution in [0.3, 0.4) is 0 Å². The van der Waals surface area contributed by atoms with Crippen LogP contribution in [0.15, 0.2) is 46.9 Å². The molecule has 0 saturated heterocycles. The third-order valence-electron chi connectivity index (χ3n) is 3.14. The Balaban J connectivity index is 2.33. The topological polar surface area (TPSA) is 30.5 Å². The number of hydrogen-bond acceptors (Lipinski definition) is 3. The van der Waals surface area contributed by atoms with Crippen molar-refractivity contribution >= 4 is 15.9 Å². The van der Waals surface area contributed by atoms with Crippen molar-refractivity contribution in [3.05, 3.63) is 52.5 Å². The van der Waals surface area contributed by atoms with Crippen LogP contribution in [0.5, 0.6) is 17.2 Å². The fraction of sp³-hybridized carbons (Fsp3) is 0.250. The Kier molecular flexibility index (Phi) is 5.04. The van der Waals surface area contributed by atoms with Crippen molar-refractivity contribution in [1.82, 2.24) is 5.32 Å². The molecular weight excluding hydrogens is 318 g/mol. The van der Waals surface area contributed by atoms with Crippen LogP contribution in [-0.2, 0) is 0 Å². The highest BCUT2D eigenvalue weighted by Crippen LogP contribution is 2.33. The van der Waals surface area contributed by atoms with Gasteiger partial charge in [-0.05, 0) is 38.2 Å². The van der Waals surface area contributed by atoms with E-state index in [0.29, 0.717) is 0 Å². The molecule has 1 unspecified atom stereocenters. The second-order valence-electron chi connectivity index (χ2n) is 4.47. The summed E-state index contributed by atoms with van der Waals surface area (Å²) in [6, 6.07) is 13.8. The van der Waals surface area contributed by atoms with E-state index >= 15 is 0 Å². The van der Waals surface area contributed by atoms with Crippen LogP contribution in [0, 0.1) is 0 Å². The lowest BCUT2D eigenvalue weighted by Gasteiger charge is -2.17. The zero-order valence-electron chi connectivity index (χ0n) is 11.8. The first kappa shape index (κ1) is 14.9. The fourth-order valence-corrected chi connectivity index (χ4v) is 2.24. The van der Waals surface area contributed by atoms with Crippen molar-refractivity contribution in [3.63, 3.8) is 0 Å². The van der Waals surface area contributed by atoms with Crippen molar-refractivity contribution in [2.75, 3.05) is 14.2 Å². The van der Waals surface area contributed by atoms with Gasteiger partial charge in [-0.1, -0.05) is 28.1 Å². The van der Waals surface area contributed by atoms with Crippen LogP contribution in [-0.4, -0.2) is 14.2 Å². The van der Waals surface area contributed by atoms with Gasteiger partial charge in [0.1, 0.15) is 17.2 Å². The number of ether oxygens (including phenoxy) is 2. The Morgan fingerprint density at radius 2 is 1.85 bits per heavy atom.